The van der Waals surface area contributed by atoms with E-state index in [2.05, 4.69) is 219 Å². The van der Waals surface area contributed by atoms with Gasteiger partial charge in [-0.05, 0) is 104 Å². The van der Waals surface area contributed by atoms with E-state index in [0.29, 0.717) is 5.69 Å². The minimum atomic E-state index is 0.554. The van der Waals surface area contributed by atoms with Crippen molar-refractivity contribution >= 4 is 49.3 Å². The summed E-state index contributed by atoms with van der Waals surface area (Å²) >= 11 is 0. The number of aromatic nitrogens is 3. The number of para-hydroxylation sites is 2. The zero-order valence-electron chi connectivity index (χ0n) is 34.7. The summed E-state index contributed by atoms with van der Waals surface area (Å²) < 4.78 is 4.73. The Morgan fingerprint density at radius 1 is 0.328 bits per heavy atom. The van der Waals surface area contributed by atoms with Gasteiger partial charge < -0.3 is 9.13 Å². The van der Waals surface area contributed by atoms with Crippen molar-refractivity contribution in [1.82, 2.24) is 14.1 Å². The summed E-state index contributed by atoms with van der Waals surface area (Å²) in [5.74, 6) is 0. The molecule has 0 saturated heterocycles. The lowest BCUT2D eigenvalue weighted by Gasteiger charge is -2.21. The Morgan fingerprint density at radius 2 is 0.766 bits per heavy atom. The smallest absolute Gasteiger partial charge is 0.213 e. The van der Waals surface area contributed by atoms with E-state index in [1.165, 1.54) is 22.3 Å². The molecule has 4 heteroatoms. The number of hydrogen-bond donors (Lipinski definition) is 0. The summed E-state index contributed by atoms with van der Waals surface area (Å²) in [7, 11) is 0. The predicted molar refractivity (Wildman–Crippen MR) is 266 cm³/mol. The highest BCUT2D eigenvalue weighted by Gasteiger charge is 2.24. The fourth-order valence-electron chi connectivity index (χ4n) is 9.79. The molecule has 0 N–H and O–H groups in total. The summed E-state index contributed by atoms with van der Waals surface area (Å²) in [4.78, 5) is 8.75. The summed E-state index contributed by atoms with van der Waals surface area (Å²) in [6, 6.07) is 77.8. The molecule has 0 radical (unpaired) electrons. The van der Waals surface area contributed by atoms with E-state index in [1.807, 2.05) is 30.6 Å². The monoisotopic (exact) mass is 814 g/mol. The van der Waals surface area contributed by atoms with E-state index in [-0.39, 0.29) is 0 Å². The molecule has 64 heavy (non-hydrogen) atoms. The van der Waals surface area contributed by atoms with Crippen molar-refractivity contribution in [1.29, 1.82) is 0 Å². The van der Waals surface area contributed by atoms with E-state index in [9.17, 15) is 0 Å². The van der Waals surface area contributed by atoms with Crippen LogP contribution in [0.4, 0.5) is 5.69 Å². The Bertz CT molecular complexity index is 3780. The number of benzene rings is 9. The normalized spacial score (nSPS) is 11.4. The zero-order valence-corrected chi connectivity index (χ0v) is 34.7. The molecule has 0 bridgehead atoms. The topological polar surface area (TPSA) is 27.1 Å². The molecule has 0 atom stereocenters. The molecule has 0 aliphatic rings. The SMILES string of the molecule is [C-]#[N+]c1cc(-c2ccncc2)cc(-n2c3ccccc3c3ccc(-c4ccccc4-c4ccccc4)cc32)c1-n1c2ccccc2c2ccc(-c3ccccc3-c3ccccc3)cc21. The maximum Gasteiger partial charge on any atom is 0.213 e. The second-order valence-electron chi connectivity index (χ2n) is 16.2. The van der Waals surface area contributed by atoms with E-state index < -0.39 is 0 Å². The predicted octanol–water partition coefficient (Wildman–Crippen LogP) is 16.2. The zero-order chi connectivity index (χ0) is 42.6. The van der Waals surface area contributed by atoms with Gasteiger partial charge in [0.25, 0.3) is 0 Å². The number of hydrogen-bond acceptors (Lipinski definition) is 1. The summed E-state index contributed by atoms with van der Waals surface area (Å²) in [6.45, 7) is 8.95. The molecule has 0 aliphatic carbocycles. The Labute approximate surface area is 371 Å². The van der Waals surface area contributed by atoms with Crippen LogP contribution in [0.5, 0.6) is 0 Å². The second-order valence-corrected chi connectivity index (χ2v) is 16.2. The van der Waals surface area contributed by atoms with E-state index >= 15 is 0 Å². The van der Waals surface area contributed by atoms with Crippen LogP contribution in [0.1, 0.15) is 0 Å². The molecule has 0 saturated carbocycles. The van der Waals surface area contributed by atoms with Gasteiger partial charge in [-0.2, -0.15) is 0 Å². The number of rotatable bonds is 7. The molecule has 0 aliphatic heterocycles. The Balaban J connectivity index is 1.19. The van der Waals surface area contributed by atoms with Crippen molar-refractivity contribution in [3.8, 4) is 67.0 Å². The van der Waals surface area contributed by atoms with Crippen molar-refractivity contribution in [3.63, 3.8) is 0 Å². The van der Waals surface area contributed by atoms with Crippen LogP contribution in [0.15, 0.2) is 231 Å². The van der Waals surface area contributed by atoms with Gasteiger partial charge in [0.15, 0.2) is 0 Å². The molecule has 3 aromatic heterocycles. The first-order valence-corrected chi connectivity index (χ1v) is 21.6. The van der Waals surface area contributed by atoms with E-state index in [1.54, 1.807) is 0 Å². The standard InChI is InChI=1S/C60H38N4/c1-61-54-36-45(40-32-34-62-35-33-40)39-59(63-55-26-14-12-24-50(55)52-30-28-43(37-57(52)63)48-22-10-8-20-46(48)41-16-4-2-5-17-41)60(54)64-56-27-15-13-25-51(56)53-31-29-44(38-58(53)64)49-23-11-9-21-47(49)42-18-6-3-7-19-42/h2-39H. The highest BCUT2D eigenvalue weighted by atomic mass is 15.1. The molecule has 12 aromatic rings. The largest absolute Gasteiger partial charge is 0.317 e. The summed E-state index contributed by atoms with van der Waals surface area (Å²) in [6.07, 6.45) is 3.64. The van der Waals surface area contributed by atoms with Gasteiger partial charge in [0.2, 0.25) is 5.69 Å². The molecular weight excluding hydrogens is 777 g/mol. The maximum atomic E-state index is 8.95. The number of nitrogens with zero attached hydrogens (tertiary/aromatic N) is 4. The fourth-order valence-corrected chi connectivity index (χ4v) is 9.79. The highest BCUT2D eigenvalue weighted by molar-refractivity contribution is 6.14. The van der Waals surface area contributed by atoms with E-state index in [0.717, 1.165) is 88.4 Å². The average Bonchev–Trinajstić information content (AvgIpc) is 3.88. The second kappa shape index (κ2) is 15.3. The van der Waals surface area contributed by atoms with Gasteiger partial charge in [-0.1, -0.05) is 170 Å². The van der Waals surface area contributed by atoms with Crippen molar-refractivity contribution in [3.05, 3.63) is 242 Å². The molecule has 298 valence electrons. The third-order valence-corrected chi connectivity index (χ3v) is 12.7. The van der Waals surface area contributed by atoms with Gasteiger partial charge in [0, 0.05) is 33.9 Å². The van der Waals surface area contributed by atoms with Crippen LogP contribution in [-0.4, -0.2) is 14.1 Å². The first kappa shape index (κ1) is 37.0. The van der Waals surface area contributed by atoms with Crippen molar-refractivity contribution in [2.24, 2.45) is 0 Å². The van der Waals surface area contributed by atoms with Crippen molar-refractivity contribution in [2.75, 3.05) is 0 Å². The highest BCUT2D eigenvalue weighted by Crippen LogP contribution is 2.46. The Hall–Kier alpha value is -8.78. The molecule has 3 heterocycles. The molecular formula is C60H38N4. The molecule has 4 nitrogen and oxygen atoms in total. The van der Waals surface area contributed by atoms with E-state index in [4.69, 9.17) is 6.57 Å². The fraction of sp³-hybridized carbons (Fsp3) is 0. The van der Waals surface area contributed by atoms with Crippen LogP contribution in [0.3, 0.4) is 0 Å². The van der Waals surface area contributed by atoms with Crippen LogP contribution in [-0.2, 0) is 0 Å². The van der Waals surface area contributed by atoms with Gasteiger partial charge in [-0.15, -0.1) is 0 Å². The van der Waals surface area contributed by atoms with Crippen LogP contribution < -0.4 is 0 Å². The maximum absolute atomic E-state index is 8.95. The Morgan fingerprint density at radius 3 is 1.30 bits per heavy atom. The third-order valence-electron chi connectivity index (χ3n) is 12.7. The number of pyridine rings is 1. The number of fused-ring (bicyclic) bond motifs is 6. The average molecular weight is 815 g/mol. The summed E-state index contributed by atoms with van der Waals surface area (Å²) in [5.41, 5.74) is 17.6. The van der Waals surface area contributed by atoms with Gasteiger partial charge in [-0.3, -0.25) is 4.98 Å². The molecule has 9 aromatic carbocycles. The molecule has 0 amide bonds. The first-order valence-electron chi connectivity index (χ1n) is 21.6. The van der Waals surface area contributed by atoms with Gasteiger partial charge in [0.1, 0.15) is 0 Å². The molecule has 0 fully saturated rings. The Kier molecular flexibility index (Phi) is 8.84. The molecule has 12 rings (SSSR count). The van der Waals surface area contributed by atoms with Gasteiger partial charge in [-0.25, -0.2) is 4.85 Å². The van der Waals surface area contributed by atoms with Crippen molar-refractivity contribution < 1.29 is 0 Å². The van der Waals surface area contributed by atoms with Crippen LogP contribution in [0, 0.1) is 6.57 Å². The first-order chi connectivity index (χ1) is 31.7. The van der Waals surface area contributed by atoms with Crippen LogP contribution in [0.2, 0.25) is 0 Å². The van der Waals surface area contributed by atoms with Crippen LogP contribution >= 0.6 is 0 Å². The molecule has 0 unspecified atom stereocenters. The van der Waals surface area contributed by atoms with Gasteiger partial charge in [0.05, 0.1) is 40.0 Å². The lowest BCUT2D eigenvalue weighted by molar-refractivity contribution is 1.10. The van der Waals surface area contributed by atoms with Crippen LogP contribution in [0.25, 0.3) is 115 Å². The summed E-state index contributed by atoms with van der Waals surface area (Å²) in [5, 5.41) is 4.54. The minimum absolute atomic E-state index is 0.554. The third kappa shape index (κ3) is 6.02. The van der Waals surface area contributed by atoms with Gasteiger partial charge >= 0.3 is 0 Å². The lowest BCUT2D eigenvalue weighted by atomic mass is 9.94. The van der Waals surface area contributed by atoms with Crippen molar-refractivity contribution in [2.45, 2.75) is 0 Å². The molecule has 0 spiro atoms. The lowest BCUT2D eigenvalue weighted by Crippen LogP contribution is -2.05. The minimum Gasteiger partial charge on any atom is -0.317 e. The quantitative estimate of drug-likeness (QED) is 0.147.